The summed E-state index contributed by atoms with van der Waals surface area (Å²) in [6.45, 7) is 2.24. The molecule has 0 amide bonds. The zero-order chi connectivity index (χ0) is 11.4. The van der Waals surface area contributed by atoms with Crippen molar-refractivity contribution < 1.29 is 22.6 Å². The molecule has 0 aliphatic heterocycles. The third kappa shape index (κ3) is 13.6. The molecule has 0 aliphatic rings. The van der Waals surface area contributed by atoms with E-state index >= 15 is 0 Å². The minimum Gasteiger partial charge on any atom is -1.00 e. The molecule has 0 fully saturated rings. The molecule has 0 radical (unpaired) electrons. The van der Waals surface area contributed by atoms with E-state index in [9.17, 15) is 4.79 Å². The number of rotatable bonds is 11. The first kappa shape index (κ1) is 18.0. The Labute approximate surface area is 106 Å². The van der Waals surface area contributed by atoms with Gasteiger partial charge in [-0.2, -0.15) is 0 Å². The second-order valence-electron chi connectivity index (χ2n) is 4.21. The van der Waals surface area contributed by atoms with Gasteiger partial charge in [0.05, 0.1) is 0 Å². The van der Waals surface area contributed by atoms with Crippen molar-refractivity contribution in [2.45, 2.75) is 71.1 Å². The summed E-state index contributed by atoms with van der Waals surface area (Å²) in [5.41, 5.74) is 0. The van der Waals surface area contributed by atoms with E-state index in [0.717, 1.165) is 6.42 Å². The zero-order valence-electron chi connectivity index (χ0n) is 10.5. The van der Waals surface area contributed by atoms with E-state index in [1.165, 1.54) is 57.6 Å². The van der Waals surface area contributed by atoms with Crippen LogP contribution >= 0.6 is 0 Å². The molecule has 0 unspecified atom stereocenters. The van der Waals surface area contributed by atoms with Crippen LogP contribution in [0.4, 0.5) is 0 Å². The average Bonchev–Trinajstić information content (AvgIpc) is 2.26. The van der Waals surface area contributed by atoms with E-state index in [-0.39, 0.29) is 18.2 Å². The van der Waals surface area contributed by atoms with Crippen LogP contribution < -0.4 is 17.8 Å². The van der Waals surface area contributed by atoms with Gasteiger partial charge in [0.25, 0.3) is 0 Å². The summed E-state index contributed by atoms with van der Waals surface area (Å²) >= 11 is 0. The Morgan fingerprint density at radius 2 is 1.38 bits per heavy atom. The number of carbonyl (C=O) groups is 1. The summed E-state index contributed by atoms with van der Waals surface area (Å²) < 4.78 is 0. The molecule has 3 heteroatoms. The van der Waals surface area contributed by atoms with Crippen LogP contribution in [0.25, 0.3) is 0 Å². The third-order valence-corrected chi connectivity index (χ3v) is 2.71. The van der Waals surface area contributed by atoms with E-state index in [2.05, 4.69) is 6.92 Å². The monoisotopic (exact) mass is 247 g/mol. The summed E-state index contributed by atoms with van der Waals surface area (Å²) in [7, 11) is 0. The van der Waals surface area contributed by atoms with Gasteiger partial charge in [0.15, 0.2) is 0 Å². The van der Waals surface area contributed by atoms with E-state index in [4.69, 9.17) is 5.41 Å². The van der Waals surface area contributed by atoms with Gasteiger partial charge in [-0.25, -0.2) is 0 Å². The molecule has 2 nitrogen and oxygen atoms in total. The number of carbonyl (C=O) groups excluding carboxylic acids is 1. The van der Waals surface area contributed by atoms with E-state index in [0.29, 0.717) is 6.42 Å². The van der Waals surface area contributed by atoms with Crippen LogP contribution in [-0.4, -0.2) is 12.0 Å². The first-order chi connectivity index (χ1) is 7.31. The van der Waals surface area contributed by atoms with Crippen LogP contribution in [0, 0.1) is 0 Å². The topological polar surface area (TPSA) is 42.7 Å². The molecular weight excluding hydrogens is 222 g/mol. The molecule has 0 aromatic carbocycles. The molecule has 2 N–H and O–H groups in total. The molecule has 0 aromatic heterocycles. The van der Waals surface area contributed by atoms with Gasteiger partial charge in [0.1, 0.15) is 0 Å². The Morgan fingerprint density at radius 1 is 0.938 bits per heavy atom. The van der Waals surface area contributed by atoms with Gasteiger partial charge >= 0.3 is 0 Å². The SMILES string of the molecule is CCCCCCCCCCCC(=O)C=[NH2+].[Cl-]. The Hall–Kier alpha value is -0.370. The summed E-state index contributed by atoms with van der Waals surface area (Å²) in [6, 6.07) is 0. The Bertz CT molecular complexity index is 171. The lowest BCUT2D eigenvalue weighted by molar-refractivity contribution is -0.129. The van der Waals surface area contributed by atoms with Gasteiger partial charge in [-0.3, -0.25) is 10.2 Å². The van der Waals surface area contributed by atoms with Crippen molar-refractivity contribution in [3.05, 3.63) is 0 Å². The molecule has 0 saturated carbocycles. The molecule has 0 rings (SSSR count). The van der Waals surface area contributed by atoms with Crippen molar-refractivity contribution >= 4 is 12.0 Å². The van der Waals surface area contributed by atoms with Crippen LogP contribution in [0.15, 0.2) is 0 Å². The van der Waals surface area contributed by atoms with Gasteiger partial charge in [-0.05, 0) is 6.42 Å². The lowest BCUT2D eigenvalue weighted by Gasteiger charge is -2.00. The summed E-state index contributed by atoms with van der Waals surface area (Å²) in [4.78, 5) is 10.8. The Balaban J connectivity index is 0. The molecule has 96 valence electrons. The van der Waals surface area contributed by atoms with Crippen LogP contribution in [0.1, 0.15) is 71.1 Å². The highest BCUT2D eigenvalue weighted by Crippen LogP contribution is 2.10. The molecule has 0 bridgehead atoms. The maximum Gasteiger partial charge on any atom is 0.218 e. The van der Waals surface area contributed by atoms with Crippen molar-refractivity contribution in [3.8, 4) is 0 Å². The first-order valence-electron chi connectivity index (χ1n) is 6.39. The standard InChI is InChI=1S/C13H25NO.ClH/c1-2-3-4-5-6-7-8-9-10-11-13(15)12-14;/h12,14H,2-11H2,1H3;1H. The van der Waals surface area contributed by atoms with Crippen LogP contribution in [0.5, 0.6) is 0 Å². The molecule has 0 aromatic rings. The average molecular weight is 248 g/mol. The summed E-state index contributed by atoms with van der Waals surface area (Å²) in [6.07, 6.45) is 13.4. The van der Waals surface area contributed by atoms with Crippen molar-refractivity contribution in [3.63, 3.8) is 0 Å². The Kier molecular flexibility index (Phi) is 16.5. The largest absolute Gasteiger partial charge is 1.00 e. The fourth-order valence-electron chi connectivity index (χ4n) is 1.69. The van der Waals surface area contributed by atoms with Crippen molar-refractivity contribution in [1.29, 1.82) is 0 Å². The molecule has 0 spiro atoms. The van der Waals surface area contributed by atoms with Gasteiger partial charge < -0.3 is 12.4 Å². The maximum absolute atomic E-state index is 10.8. The molecule has 0 heterocycles. The number of Topliss-reactive ketones (excluding diaryl/α,β-unsaturated/α-hetero) is 1. The molecular formula is C13H26ClNO. The normalized spacial score (nSPS) is 9.56. The lowest BCUT2D eigenvalue weighted by atomic mass is 10.1. The quantitative estimate of drug-likeness (QED) is 0.381. The van der Waals surface area contributed by atoms with Crippen LogP contribution in [0.3, 0.4) is 0 Å². The number of hydrogen-bond acceptors (Lipinski definition) is 1. The fraction of sp³-hybridized carbons (Fsp3) is 0.846. The predicted molar refractivity (Wildman–Crippen MR) is 64.8 cm³/mol. The number of ketones is 1. The third-order valence-electron chi connectivity index (χ3n) is 2.71. The lowest BCUT2D eigenvalue weighted by Crippen LogP contribution is -3.00. The molecule has 0 saturated heterocycles. The zero-order valence-corrected chi connectivity index (χ0v) is 11.3. The van der Waals surface area contributed by atoms with E-state index in [1.54, 1.807) is 0 Å². The van der Waals surface area contributed by atoms with E-state index in [1.807, 2.05) is 0 Å². The van der Waals surface area contributed by atoms with Crippen molar-refractivity contribution in [2.24, 2.45) is 0 Å². The number of halogens is 1. The predicted octanol–water partition coefficient (Wildman–Crippen LogP) is -0.690. The smallest absolute Gasteiger partial charge is 0.218 e. The van der Waals surface area contributed by atoms with Gasteiger partial charge in [0, 0.05) is 6.42 Å². The van der Waals surface area contributed by atoms with Gasteiger partial charge in [-0.1, -0.05) is 58.3 Å². The van der Waals surface area contributed by atoms with Gasteiger partial charge in [-0.15, -0.1) is 0 Å². The number of unbranched alkanes of at least 4 members (excludes halogenated alkanes) is 8. The van der Waals surface area contributed by atoms with Crippen molar-refractivity contribution in [1.82, 2.24) is 0 Å². The number of nitrogens with two attached hydrogens (primary N) is 1. The van der Waals surface area contributed by atoms with Crippen molar-refractivity contribution in [2.75, 3.05) is 0 Å². The number of hydrogen-bond donors (Lipinski definition) is 1. The van der Waals surface area contributed by atoms with Crippen LogP contribution in [-0.2, 0) is 4.79 Å². The van der Waals surface area contributed by atoms with E-state index < -0.39 is 0 Å². The second-order valence-corrected chi connectivity index (χ2v) is 4.21. The summed E-state index contributed by atoms with van der Waals surface area (Å²) in [5, 5.41) is 5.11. The second kappa shape index (κ2) is 14.6. The highest BCUT2D eigenvalue weighted by atomic mass is 35.5. The minimum absolute atomic E-state index is 0. The Morgan fingerprint density at radius 3 is 1.81 bits per heavy atom. The highest BCUT2D eigenvalue weighted by molar-refractivity contribution is 6.24. The molecule has 16 heavy (non-hydrogen) atoms. The van der Waals surface area contributed by atoms with Gasteiger partial charge in [0.2, 0.25) is 12.0 Å². The first-order valence-corrected chi connectivity index (χ1v) is 6.39. The maximum atomic E-state index is 10.8. The highest BCUT2D eigenvalue weighted by Gasteiger charge is 1.98. The molecule has 0 aliphatic carbocycles. The van der Waals surface area contributed by atoms with Crippen LogP contribution in [0.2, 0.25) is 0 Å². The minimum atomic E-state index is 0. The summed E-state index contributed by atoms with van der Waals surface area (Å²) in [5.74, 6) is 0.0814. The molecule has 0 atom stereocenters. The fourth-order valence-corrected chi connectivity index (χ4v) is 1.69.